The van der Waals surface area contributed by atoms with E-state index < -0.39 is 5.97 Å². The third-order valence-electron chi connectivity index (χ3n) is 4.59. The molecule has 2 aromatic heterocycles. The van der Waals surface area contributed by atoms with Crippen molar-refractivity contribution in [3.63, 3.8) is 0 Å². The number of benzene rings is 2. The van der Waals surface area contributed by atoms with Gasteiger partial charge in [-0.3, -0.25) is 9.59 Å². The minimum Gasteiger partial charge on any atom is -0.493 e. The molecule has 0 N–H and O–H groups in total. The molecule has 0 atom stereocenters. The van der Waals surface area contributed by atoms with Gasteiger partial charge in [-0.05, 0) is 60.9 Å². The van der Waals surface area contributed by atoms with Crippen LogP contribution in [-0.4, -0.2) is 22.5 Å². The third-order valence-corrected chi connectivity index (χ3v) is 5.56. The Hall–Kier alpha value is -3.19. The average Bonchev–Trinajstić information content (AvgIpc) is 3.13. The van der Waals surface area contributed by atoms with Crippen molar-refractivity contribution in [2.45, 2.75) is 20.8 Å². The average molecular weight is 394 g/mol. The zero-order valence-electron chi connectivity index (χ0n) is 15.9. The van der Waals surface area contributed by atoms with Gasteiger partial charge in [0.05, 0.1) is 22.7 Å². The summed E-state index contributed by atoms with van der Waals surface area (Å²) in [6, 6.07) is 9.16. The first kappa shape index (κ1) is 18.2. The molecule has 0 bridgehead atoms. The Morgan fingerprint density at radius 1 is 1.14 bits per heavy atom. The number of esters is 1. The number of imidazole rings is 1. The van der Waals surface area contributed by atoms with Crippen molar-refractivity contribution in [3.8, 4) is 11.5 Å². The molecule has 0 unspecified atom stereocenters. The Kier molecular flexibility index (Phi) is 4.39. The molecule has 142 valence electrons. The van der Waals surface area contributed by atoms with Crippen LogP contribution in [0.3, 0.4) is 0 Å². The van der Waals surface area contributed by atoms with Gasteiger partial charge in [-0.1, -0.05) is 17.4 Å². The van der Waals surface area contributed by atoms with Crippen LogP contribution in [0.2, 0.25) is 0 Å². The summed E-state index contributed by atoms with van der Waals surface area (Å²) in [5, 5.41) is 0. The van der Waals surface area contributed by atoms with Crippen LogP contribution in [0.1, 0.15) is 23.6 Å². The highest BCUT2D eigenvalue weighted by atomic mass is 32.1. The molecule has 6 nitrogen and oxygen atoms in total. The van der Waals surface area contributed by atoms with Crippen molar-refractivity contribution in [2.75, 3.05) is 7.11 Å². The fraction of sp³-hybridized carbons (Fsp3) is 0.190. The minimum absolute atomic E-state index is 0.103. The molecule has 0 aliphatic rings. The number of aromatic nitrogens is 2. The van der Waals surface area contributed by atoms with Gasteiger partial charge in [0.15, 0.2) is 16.5 Å². The van der Waals surface area contributed by atoms with Gasteiger partial charge in [-0.15, -0.1) is 0 Å². The molecule has 4 rings (SSSR count). The van der Waals surface area contributed by atoms with Crippen LogP contribution >= 0.6 is 11.3 Å². The number of hydrogen-bond donors (Lipinski definition) is 0. The molecule has 0 saturated carbocycles. The topological polar surface area (TPSA) is 69.9 Å². The molecular formula is C21H18N2O4S. The fourth-order valence-electron chi connectivity index (χ4n) is 3.08. The number of ether oxygens (including phenoxy) is 2. The van der Waals surface area contributed by atoms with Gasteiger partial charge in [0.25, 0.3) is 5.56 Å². The summed E-state index contributed by atoms with van der Waals surface area (Å²) in [6.07, 6.45) is 1.79. The van der Waals surface area contributed by atoms with E-state index in [1.54, 1.807) is 28.7 Å². The predicted octanol–water partition coefficient (Wildman–Crippen LogP) is 3.01. The van der Waals surface area contributed by atoms with Crippen LogP contribution in [0, 0.1) is 13.8 Å². The summed E-state index contributed by atoms with van der Waals surface area (Å²) in [6.45, 7) is 5.39. The van der Waals surface area contributed by atoms with Gasteiger partial charge in [-0.2, -0.15) is 0 Å². The Balaban J connectivity index is 1.86. The van der Waals surface area contributed by atoms with E-state index in [0.29, 0.717) is 21.0 Å². The number of thiazole rings is 1. The molecule has 4 aromatic rings. The second-order valence-corrected chi connectivity index (χ2v) is 7.58. The molecule has 28 heavy (non-hydrogen) atoms. The van der Waals surface area contributed by atoms with Crippen LogP contribution in [0.5, 0.6) is 11.5 Å². The summed E-state index contributed by atoms with van der Waals surface area (Å²) < 4.78 is 12.6. The van der Waals surface area contributed by atoms with E-state index >= 15 is 0 Å². The standard InChI is InChI=1S/C21H18N2O4S/c1-11-7-15-16(8-12(11)2)23-20(25)19(28-21(23)22-15)10-14-5-6-17(27-13(3)24)18(9-14)26-4/h5-10H,1-4H3/b19-10+. The molecule has 0 amide bonds. The van der Waals surface area contributed by atoms with E-state index in [2.05, 4.69) is 4.98 Å². The summed E-state index contributed by atoms with van der Waals surface area (Å²) in [5.74, 6) is 0.343. The number of carbonyl (C=O) groups is 1. The highest BCUT2D eigenvalue weighted by Gasteiger charge is 2.13. The molecular weight excluding hydrogens is 376 g/mol. The van der Waals surface area contributed by atoms with Crippen molar-refractivity contribution in [1.82, 2.24) is 9.38 Å². The molecule has 0 aliphatic carbocycles. The molecule has 2 heterocycles. The van der Waals surface area contributed by atoms with Crippen LogP contribution in [0.25, 0.3) is 22.1 Å². The second-order valence-electron chi connectivity index (χ2n) is 6.57. The van der Waals surface area contributed by atoms with Crippen molar-refractivity contribution in [2.24, 2.45) is 0 Å². The number of nitrogens with zero attached hydrogens (tertiary/aromatic N) is 2. The van der Waals surface area contributed by atoms with Gasteiger partial charge in [-0.25, -0.2) is 9.38 Å². The van der Waals surface area contributed by atoms with Gasteiger partial charge in [0.1, 0.15) is 0 Å². The van der Waals surface area contributed by atoms with E-state index in [-0.39, 0.29) is 5.56 Å². The molecule has 0 fully saturated rings. The van der Waals surface area contributed by atoms with Crippen molar-refractivity contribution in [3.05, 3.63) is 61.9 Å². The molecule has 0 radical (unpaired) electrons. The van der Waals surface area contributed by atoms with Gasteiger partial charge in [0, 0.05) is 6.92 Å². The van der Waals surface area contributed by atoms with Crippen molar-refractivity contribution >= 4 is 39.4 Å². The van der Waals surface area contributed by atoms with E-state index in [1.165, 1.54) is 25.4 Å². The van der Waals surface area contributed by atoms with Gasteiger partial charge >= 0.3 is 5.97 Å². The highest BCUT2D eigenvalue weighted by Crippen LogP contribution is 2.28. The highest BCUT2D eigenvalue weighted by molar-refractivity contribution is 7.15. The quantitative estimate of drug-likeness (QED) is 0.395. The normalized spacial score (nSPS) is 12.1. The molecule has 0 aliphatic heterocycles. The number of aryl methyl sites for hydroxylation is 2. The van der Waals surface area contributed by atoms with E-state index in [1.807, 2.05) is 26.0 Å². The summed E-state index contributed by atoms with van der Waals surface area (Å²) in [4.78, 5) is 29.4. The van der Waals surface area contributed by atoms with Gasteiger partial charge in [0.2, 0.25) is 0 Å². The predicted molar refractivity (Wildman–Crippen MR) is 109 cm³/mol. The van der Waals surface area contributed by atoms with E-state index in [9.17, 15) is 9.59 Å². The lowest BCUT2D eigenvalue weighted by Gasteiger charge is -2.08. The van der Waals surface area contributed by atoms with Crippen molar-refractivity contribution in [1.29, 1.82) is 0 Å². The molecule has 0 saturated heterocycles. The number of rotatable bonds is 3. The maximum atomic E-state index is 13.0. The molecule has 7 heteroatoms. The zero-order chi connectivity index (χ0) is 20.0. The maximum Gasteiger partial charge on any atom is 0.308 e. The number of methoxy groups -OCH3 is 1. The molecule has 0 spiro atoms. The Morgan fingerprint density at radius 2 is 1.89 bits per heavy atom. The summed E-state index contributed by atoms with van der Waals surface area (Å²) >= 11 is 1.34. The van der Waals surface area contributed by atoms with Crippen LogP contribution in [0.4, 0.5) is 0 Å². The number of carbonyl (C=O) groups excluding carboxylic acids is 1. The smallest absolute Gasteiger partial charge is 0.308 e. The van der Waals surface area contributed by atoms with E-state index in [0.717, 1.165) is 27.7 Å². The van der Waals surface area contributed by atoms with Crippen LogP contribution in [-0.2, 0) is 4.79 Å². The SMILES string of the molecule is COc1cc(/C=c2/sc3nc4cc(C)c(C)cc4n3c2=O)ccc1OC(C)=O. The Morgan fingerprint density at radius 3 is 2.61 bits per heavy atom. The monoisotopic (exact) mass is 394 g/mol. The number of fused-ring (bicyclic) bond motifs is 3. The second kappa shape index (κ2) is 6.76. The van der Waals surface area contributed by atoms with Gasteiger partial charge < -0.3 is 9.47 Å². The van der Waals surface area contributed by atoms with E-state index in [4.69, 9.17) is 9.47 Å². The Labute approximate surface area is 164 Å². The molecule has 2 aromatic carbocycles. The van der Waals surface area contributed by atoms with Crippen LogP contribution < -0.4 is 19.6 Å². The first-order chi connectivity index (χ1) is 13.4. The lowest BCUT2D eigenvalue weighted by molar-refractivity contribution is -0.132. The Bertz CT molecular complexity index is 1350. The largest absolute Gasteiger partial charge is 0.493 e. The minimum atomic E-state index is -0.422. The first-order valence-electron chi connectivity index (χ1n) is 8.68. The third kappa shape index (κ3) is 3.03. The maximum absolute atomic E-state index is 13.0. The van der Waals surface area contributed by atoms with Crippen molar-refractivity contribution < 1.29 is 14.3 Å². The first-order valence-corrected chi connectivity index (χ1v) is 9.49. The van der Waals surface area contributed by atoms with Crippen LogP contribution in [0.15, 0.2) is 35.1 Å². The lowest BCUT2D eigenvalue weighted by Crippen LogP contribution is -2.22. The summed E-state index contributed by atoms with van der Waals surface area (Å²) in [7, 11) is 1.50. The summed E-state index contributed by atoms with van der Waals surface area (Å²) in [5.41, 5.74) is 4.58. The fourth-order valence-corrected chi connectivity index (χ4v) is 4.07. The lowest BCUT2D eigenvalue weighted by atomic mass is 10.1. The zero-order valence-corrected chi connectivity index (χ0v) is 16.7. The number of hydrogen-bond acceptors (Lipinski definition) is 6.